The molecule has 0 saturated carbocycles. The summed E-state index contributed by atoms with van der Waals surface area (Å²) >= 11 is 0. The van der Waals surface area contributed by atoms with E-state index in [4.69, 9.17) is 14.2 Å². The molecule has 0 atom stereocenters. The second kappa shape index (κ2) is 8.95. The summed E-state index contributed by atoms with van der Waals surface area (Å²) < 4.78 is 15.4. The molecule has 0 heterocycles. The molecule has 0 spiro atoms. The van der Waals surface area contributed by atoms with Crippen molar-refractivity contribution in [2.45, 2.75) is 6.61 Å². The number of carbonyl (C=O) groups excluding carboxylic acids is 2. The van der Waals surface area contributed by atoms with Crippen molar-refractivity contribution in [2.75, 3.05) is 14.2 Å². The summed E-state index contributed by atoms with van der Waals surface area (Å²) in [6, 6.07) is 15.0. The molecule has 0 aromatic heterocycles. The third-order valence-corrected chi connectivity index (χ3v) is 4.38. The fraction of sp³-hybridized carbons (Fsp3) is 0.136. The number of hydrogen-bond donors (Lipinski definition) is 2. The molecule has 3 aromatic rings. The number of hydrogen-bond acceptors (Lipinski definition) is 6. The lowest BCUT2D eigenvalue weighted by atomic mass is 10.0. The Morgan fingerprint density at radius 2 is 1.43 bits per heavy atom. The molecule has 8 nitrogen and oxygen atoms in total. The van der Waals surface area contributed by atoms with E-state index in [0.29, 0.717) is 10.8 Å². The lowest BCUT2D eigenvalue weighted by Gasteiger charge is -2.13. The van der Waals surface area contributed by atoms with Gasteiger partial charge in [0.05, 0.1) is 19.8 Å². The van der Waals surface area contributed by atoms with E-state index in [9.17, 15) is 19.5 Å². The van der Waals surface area contributed by atoms with Gasteiger partial charge in [0.1, 0.15) is 23.7 Å². The van der Waals surface area contributed by atoms with Crippen LogP contribution in [0.15, 0.2) is 54.6 Å². The van der Waals surface area contributed by atoms with Gasteiger partial charge in [0.2, 0.25) is 0 Å². The van der Waals surface area contributed by atoms with E-state index in [1.807, 2.05) is 18.2 Å². The van der Waals surface area contributed by atoms with Crippen molar-refractivity contribution in [2.24, 2.45) is 0 Å². The quantitative estimate of drug-likeness (QED) is 0.640. The summed E-state index contributed by atoms with van der Waals surface area (Å²) in [5.41, 5.74) is 0.783. The number of imide groups is 1. The largest absolute Gasteiger partial charge is 0.496 e. The van der Waals surface area contributed by atoms with E-state index < -0.39 is 18.0 Å². The van der Waals surface area contributed by atoms with Crippen molar-refractivity contribution in [1.82, 2.24) is 5.32 Å². The molecular formula is C22H19NO7. The average molecular weight is 409 g/mol. The Labute approximate surface area is 172 Å². The molecule has 0 bridgehead atoms. The van der Waals surface area contributed by atoms with Gasteiger partial charge in [0.25, 0.3) is 5.91 Å². The highest BCUT2D eigenvalue weighted by atomic mass is 16.5. The van der Waals surface area contributed by atoms with Crippen LogP contribution in [-0.4, -0.2) is 37.3 Å². The highest BCUT2D eigenvalue weighted by molar-refractivity contribution is 6.08. The van der Waals surface area contributed by atoms with Crippen LogP contribution in [0.25, 0.3) is 10.8 Å². The fourth-order valence-corrected chi connectivity index (χ4v) is 2.91. The molecule has 0 aliphatic heterocycles. The number of carboxylic acids is 1. The first kappa shape index (κ1) is 20.7. The van der Waals surface area contributed by atoms with Crippen LogP contribution < -0.4 is 14.8 Å². The zero-order valence-corrected chi connectivity index (χ0v) is 16.3. The topological polar surface area (TPSA) is 111 Å². The molecule has 154 valence electrons. The summed E-state index contributed by atoms with van der Waals surface area (Å²) in [7, 11) is 2.75. The monoisotopic (exact) mass is 409 g/mol. The summed E-state index contributed by atoms with van der Waals surface area (Å²) in [5.74, 6) is -1.51. The Morgan fingerprint density at radius 3 is 2.03 bits per heavy atom. The summed E-state index contributed by atoms with van der Waals surface area (Å²) in [5, 5.41) is 12.6. The average Bonchev–Trinajstić information content (AvgIpc) is 2.76. The molecule has 0 aliphatic carbocycles. The molecule has 3 rings (SSSR count). The van der Waals surface area contributed by atoms with Gasteiger partial charge in [-0.3, -0.25) is 10.1 Å². The van der Waals surface area contributed by atoms with Gasteiger partial charge < -0.3 is 19.3 Å². The summed E-state index contributed by atoms with van der Waals surface area (Å²) in [4.78, 5) is 36.1. The van der Waals surface area contributed by atoms with E-state index in [1.165, 1.54) is 32.4 Å². The second-order valence-electron chi connectivity index (χ2n) is 6.27. The van der Waals surface area contributed by atoms with E-state index in [-0.39, 0.29) is 29.2 Å². The molecule has 0 saturated heterocycles. The first-order valence-corrected chi connectivity index (χ1v) is 8.88. The van der Waals surface area contributed by atoms with Gasteiger partial charge in [-0.25, -0.2) is 9.59 Å². The van der Waals surface area contributed by atoms with Crippen LogP contribution in [0.3, 0.4) is 0 Å². The number of aromatic carboxylic acids is 1. The Balaban J connectivity index is 1.85. The SMILES string of the molecule is COc1cc2cc(OC)c(C(=O)NC(=O)OCc3ccccc3)cc2cc1C(=O)O. The number of ether oxygens (including phenoxy) is 3. The lowest BCUT2D eigenvalue weighted by molar-refractivity contribution is 0.0693. The number of carboxylic acid groups (broad SMARTS) is 1. The minimum atomic E-state index is -1.17. The third kappa shape index (κ3) is 4.49. The van der Waals surface area contributed by atoms with E-state index in [1.54, 1.807) is 18.2 Å². The Hall–Kier alpha value is -4.07. The fourth-order valence-electron chi connectivity index (χ4n) is 2.91. The molecule has 2 amide bonds. The number of fused-ring (bicyclic) bond motifs is 1. The van der Waals surface area contributed by atoms with E-state index in [2.05, 4.69) is 5.32 Å². The summed E-state index contributed by atoms with van der Waals surface area (Å²) in [6.07, 6.45) is -0.910. The van der Waals surface area contributed by atoms with Gasteiger partial charge in [-0.2, -0.15) is 0 Å². The van der Waals surface area contributed by atoms with Crippen LogP contribution in [0.2, 0.25) is 0 Å². The van der Waals surface area contributed by atoms with Crippen LogP contribution in [-0.2, 0) is 11.3 Å². The number of nitrogens with one attached hydrogen (secondary N) is 1. The van der Waals surface area contributed by atoms with Crippen molar-refractivity contribution in [3.8, 4) is 11.5 Å². The van der Waals surface area contributed by atoms with Crippen LogP contribution in [0, 0.1) is 0 Å². The maximum Gasteiger partial charge on any atom is 0.414 e. The molecule has 30 heavy (non-hydrogen) atoms. The number of rotatable bonds is 6. The number of carbonyl (C=O) groups is 3. The van der Waals surface area contributed by atoms with Gasteiger partial charge in [-0.05, 0) is 40.6 Å². The Kier molecular flexibility index (Phi) is 6.17. The van der Waals surface area contributed by atoms with E-state index >= 15 is 0 Å². The van der Waals surface area contributed by atoms with Crippen molar-refractivity contribution < 1.29 is 33.7 Å². The second-order valence-corrected chi connectivity index (χ2v) is 6.27. The van der Waals surface area contributed by atoms with Crippen molar-refractivity contribution in [3.63, 3.8) is 0 Å². The predicted molar refractivity (Wildman–Crippen MR) is 108 cm³/mol. The number of amides is 2. The first-order valence-electron chi connectivity index (χ1n) is 8.88. The van der Waals surface area contributed by atoms with Crippen LogP contribution >= 0.6 is 0 Å². The number of methoxy groups -OCH3 is 2. The van der Waals surface area contributed by atoms with Crippen molar-refractivity contribution in [1.29, 1.82) is 0 Å². The highest BCUT2D eigenvalue weighted by Gasteiger charge is 2.19. The zero-order valence-electron chi connectivity index (χ0n) is 16.3. The lowest BCUT2D eigenvalue weighted by Crippen LogP contribution is -2.31. The maximum atomic E-state index is 12.6. The van der Waals surface area contributed by atoms with Gasteiger partial charge in [-0.15, -0.1) is 0 Å². The van der Waals surface area contributed by atoms with Crippen molar-refractivity contribution in [3.05, 3.63) is 71.3 Å². The van der Waals surface area contributed by atoms with E-state index in [0.717, 1.165) is 5.56 Å². The van der Waals surface area contributed by atoms with Crippen molar-refractivity contribution >= 4 is 28.7 Å². The Morgan fingerprint density at radius 1 is 0.867 bits per heavy atom. The molecule has 0 radical (unpaired) electrons. The molecule has 3 aromatic carbocycles. The first-order chi connectivity index (χ1) is 14.4. The molecule has 0 aliphatic rings. The molecule has 2 N–H and O–H groups in total. The highest BCUT2D eigenvalue weighted by Crippen LogP contribution is 2.31. The van der Waals surface area contributed by atoms with Gasteiger partial charge in [-0.1, -0.05) is 30.3 Å². The minimum absolute atomic E-state index is 0.0105. The maximum absolute atomic E-state index is 12.6. The molecule has 8 heteroatoms. The Bertz CT molecular complexity index is 1110. The van der Waals surface area contributed by atoms with Crippen LogP contribution in [0.5, 0.6) is 11.5 Å². The third-order valence-electron chi connectivity index (χ3n) is 4.38. The van der Waals surface area contributed by atoms with Gasteiger partial charge in [0, 0.05) is 0 Å². The molecule has 0 unspecified atom stereocenters. The number of benzene rings is 3. The standard InChI is InChI=1S/C22H19NO7/c1-28-18-10-15-11-19(29-2)17(21(25)26)9-14(15)8-16(18)20(24)23-22(27)30-12-13-6-4-3-5-7-13/h3-11H,12H2,1-2H3,(H,25,26)(H,23,24,27). The molecular weight excluding hydrogens is 390 g/mol. The smallest absolute Gasteiger partial charge is 0.414 e. The minimum Gasteiger partial charge on any atom is -0.496 e. The zero-order chi connectivity index (χ0) is 21.7. The van der Waals surface area contributed by atoms with Gasteiger partial charge >= 0.3 is 12.1 Å². The number of alkyl carbamates (subject to hydrolysis) is 1. The normalized spacial score (nSPS) is 10.3. The van der Waals surface area contributed by atoms with Crippen LogP contribution in [0.4, 0.5) is 4.79 Å². The molecule has 0 fully saturated rings. The van der Waals surface area contributed by atoms with Gasteiger partial charge in [0.15, 0.2) is 0 Å². The summed E-state index contributed by atoms with van der Waals surface area (Å²) in [6.45, 7) is 0.0105. The predicted octanol–water partition coefficient (Wildman–Crippen LogP) is 3.62. The van der Waals surface area contributed by atoms with Crippen LogP contribution in [0.1, 0.15) is 26.3 Å².